The van der Waals surface area contributed by atoms with E-state index in [2.05, 4.69) is 15.3 Å². The van der Waals surface area contributed by atoms with Gasteiger partial charge in [0.25, 0.3) is 0 Å². The van der Waals surface area contributed by atoms with Gasteiger partial charge in [-0.15, -0.1) is 0 Å². The summed E-state index contributed by atoms with van der Waals surface area (Å²) in [5.41, 5.74) is 4.15. The van der Waals surface area contributed by atoms with Gasteiger partial charge in [0, 0.05) is 0 Å². The molecule has 0 aliphatic carbocycles. The first-order valence-electron chi connectivity index (χ1n) is 5.15. The van der Waals surface area contributed by atoms with Gasteiger partial charge in [-0.05, 0) is 26.0 Å². The van der Waals surface area contributed by atoms with Gasteiger partial charge in [-0.1, -0.05) is 17.7 Å². The Bertz CT molecular complexity index is 458. The second-order valence-corrected chi connectivity index (χ2v) is 3.27. The van der Waals surface area contributed by atoms with Crippen molar-refractivity contribution in [2.24, 2.45) is 5.10 Å². The highest BCUT2D eigenvalue weighted by Crippen LogP contribution is 2.08. The summed E-state index contributed by atoms with van der Waals surface area (Å²) in [5, 5.41) is 12.4. The number of ether oxygens (including phenoxy) is 1. The summed E-state index contributed by atoms with van der Waals surface area (Å²) in [6.07, 6.45) is 0. The van der Waals surface area contributed by atoms with Crippen LogP contribution in [0.1, 0.15) is 12.5 Å². The Morgan fingerprint density at radius 2 is 2.12 bits per heavy atom. The van der Waals surface area contributed by atoms with E-state index in [1.165, 1.54) is 0 Å². The first-order chi connectivity index (χ1) is 8.17. The molecule has 0 saturated carbocycles. The van der Waals surface area contributed by atoms with Gasteiger partial charge in [-0.3, -0.25) is 5.43 Å². The molecule has 0 unspecified atom stereocenters. The number of nitrogens with one attached hydrogen (secondary N) is 1. The second-order valence-electron chi connectivity index (χ2n) is 3.27. The average molecular weight is 231 g/mol. The number of rotatable bonds is 4. The van der Waals surface area contributed by atoms with Crippen LogP contribution in [0.5, 0.6) is 0 Å². The maximum Gasteiger partial charge on any atom is 0.369 e. The van der Waals surface area contributed by atoms with Gasteiger partial charge >= 0.3 is 5.97 Å². The van der Waals surface area contributed by atoms with Crippen molar-refractivity contribution in [3.8, 4) is 6.07 Å². The highest BCUT2D eigenvalue weighted by atomic mass is 16.5. The van der Waals surface area contributed by atoms with E-state index >= 15 is 0 Å². The molecule has 0 spiro atoms. The maximum absolute atomic E-state index is 11.2. The van der Waals surface area contributed by atoms with Crippen molar-refractivity contribution in [2.75, 3.05) is 12.0 Å². The Kier molecular flexibility index (Phi) is 4.70. The highest BCUT2D eigenvalue weighted by Gasteiger charge is 2.11. The number of nitriles is 1. The lowest BCUT2D eigenvalue weighted by molar-refractivity contribution is -0.134. The van der Waals surface area contributed by atoms with E-state index in [1.54, 1.807) is 25.1 Å². The fourth-order valence-corrected chi connectivity index (χ4v) is 1.06. The van der Waals surface area contributed by atoms with E-state index in [9.17, 15) is 4.79 Å². The van der Waals surface area contributed by atoms with E-state index in [0.29, 0.717) is 5.69 Å². The number of anilines is 1. The molecule has 1 aromatic rings. The number of hydrogen-bond donors (Lipinski definition) is 1. The van der Waals surface area contributed by atoms with Gasteiger partial charge in [0.05, 0.1) is 12.3 Å². The fraction of sp³-hybridized carbons (Fsp3) is 0.250. The van der Waals surface area contributed by atoms with Crippen molar-refractivity contribution < 1.29 is 9.53 Å². The normalized spacial score (nSPS) is 10.5. The molecule has 88 valence electrons. The van der Waals surface area contributed by atoms with E-state index in [4.69, 9.17) is 5.26 Å². The molecule has 0 bridgehead atoms. The molecular formula is C12H13N3O2. The molecule has 0 aromatic heterocycles. The average Bonchev–Trinajstić information content (AvgIpc) is 2.32. The smallest absolute Gasteiger partial charge is 0.369 e. The lowest BCUT2D eigenvalue weighted by atomic mass is 10.2. The molecule has 0 aliphatic rings. The second kappa shape index (κ2) is 6.28. The first-order valence-corrected chi connectivity index (χ1v) is 5.15. The van der Waals surface area contributed by atoms with Crippen molar-refractivity contribution in [1.29, 1.82) is 5.26 Å². The van der Waals surface area contributed by atoms with E-state index in [1.807, 2.05) is 19.1 Å². The summed E-state index contributed by atoms with van der Waals surface area (Å²) in [7, 11) is 0. The lowest BCUT2D eigenvalue weighted by Gasteiger charge is -2.02. The van der Waals surface area contributed by atoms with E-state index < -0.39 is 5.97 Å². The van der Waals surface area contributed by atoms with Gasteiger partial charge in [0.2, 0.25) is 5.71 Å². The number of carbonyl (C=O) groups is 1. The lowest BCUT2D eigenvalue weighted by Crippen LogP contribution is -2.17. The van der Waals surface area contributed by atoms with Crippen LogP contribution in [0.4, 0.5) is 5.69 Å². The van der Waals surface area contributed by atoms with Crippen LogP contribution in [0, 0.1) is 18.3 Å². The summed E-state index contributed by atoms with van der Waals surface area (Å²) in [6.45, 7) is 3.84. The van der Waals surface area contributed by atoms with Crippen molar-refractivity contribution in [3.63, 3.8) is 0 Å². The summed E-state index contributed by atoms with van der Waals surface area (Å²) >= 11 is 0. The summed E-state index contributed by atoms with van der Waals surface area (Å²) in [4.78, 5) is 11.2. The molecule has 0 atom stereocenters. The number of aryl methyl sites for hydroxylation is 1. The Morgan fingerprint density at radius 1 is 1.47 bits per heavy atom. The zero-order valence-corrected chi connectivity index (χ0v) is 9.73. The van der Waals surface area contributed by atoms with Crippen molar-refractivity contribution >= 4 is 17.4 Å². The Morgan fingerprint density at radius 3 is 2.65 bits per heavy atom. The number of nitrogens with zero attached hydrogens (tertiary/aromatic N) is 2. The molecule has 0 aliphatic heterocycles. The number of esters is 1. The Labute approximate surface area is 99.7 Å². The van der Waals surface area contributed by atoms with Crippen LogP contribution in [0.25, 0.3) is 0 Å². The molecule has 0 radical (unpaired) electrons. The van der Waals surface area contributed by atoms with Crippen molar-refractivity contribution in [2.45, 2.75) is 13.8 Å². The summed E-state index contributed by atoms with van der Waals surface area (Å²) < 4.78 is 4.67. The van der Waals surface area contributed by atoms with Crippen molar-refractivity contribution in [1.82, 2.24) is 0 Å². The minimum atomic E-state index is -0.727. The third-order valence-electron chi connectivity index (χ3n) is 1.92. The number of carbonyl (C=O) groups excluding carboxylic acids is 1. The van der Waals surface area contributed by atoms with Gasteiger partial charge in [0.15, 0.2) is 0 Å². The van der Waals surface area contributed by atoms with Gasteiger partial charge < -0.3 is 4.74 Å². The van der Waals surface area contributed by atoms with Crippen LogP contribution in [0.2, 0.25) is 0 Å². The minimum Gasteiger partial charge on any atom is -0.461 e. The Balaban J connectivity index is 2.71. The van der Waals surface area contributed by atoms with Crippen LogP contribution in [0.3, 0.4) is 0 Å². The predicted molar refractivity (Wildman–Crippen MR) is 64.5 cm³/mol. The molecule has 0 saturated heterocycles. The third-order valence-corrected chi connectivity index (χ3v) is 1.92. The van der Waals surface area contributed by atoms with Crippen LogP contribution in [0.15, 0.2) is 29.4 Å². The highest BCUT2D eigenvalue weighted by molar-refractivity contribution is 6.43. The third kappa shape index (κ3) is 3.95. The molecule has 5 nitrogen and oxygen atoms in total. The largest absolute Gasteiger partial charge is 0.461 e. The van der Waals surface area contributed by atoms with Crippen molar-refractivity contribution in [3.05, 3.63) is 29.8 Å². The van der Waals surface area contributed by atoms with E-state index in [-0.39, 0.29) is 12.3 Å². The molecule has 1 N–H and O–H groups in total. The molecule has 0 heterocycles. The van der Waals surface area contributed by atoms with Crippen LogP contribution in [-0.2, 0) is 9.53 Å². The molecule has 5 heteroatoms. The molecule has 17 heavy (non-hydrogen) atoms. The van der Waals surface area contributed by atoms with Gasteiger partial charge in [0.1, 0.15) is 6.07 Å². The summed E-state index contributed by atoms with van der Waals surface area (Å²) in [5.74, 6) is -0.727. The van der Waals surface area contributed by atoms with Gasteiger partial charge in [-0.2, -0.15) is 10.4 Å². The maximum atomic E-state index is 11.2. The molecule has 1 rings (SSSR count). The zero-order chi connectivity index (χ0) is 12.7. The predicted octanol–water partition coefficient (Wildman–Crippen LogP) is 1.85. The SMILES string of the molecule is CCOC(=O)/C(C#N)=N\Nc1ccc(C)cc1. The zero-order valence-electron chi connectivity index (χ0n) is 9.73. The quantitative estimate of drug-likeness (QED) is 0.487. The molecule has 0 amide bonds. The monoisotopic (exact) mass is 231 g/mol. The van der Waals surface area contributed by atoms with Crippen LogP contribution < -0.4 is 5.43 Å². The molecule has 0 fully saturated rings. The van der Waals surface area contributed by atoms with Gasteiger partial charge in [-0.25, -0.2) is 4.79 Å². The molecule has 1 aromatic carbocycles. The number of benzene rings is 1. The van der Waals surface area contributed by atoms with Crippen LogP contribution in [-0.4, -0.2) is 18.3 Å². The first kappa shape index (κ1) is 12.7. The van der Waals surface area contributed by atoms with Crippen LogP contribution >= 0.6 is 0 Å². The number of hydrazone groups is 1. The van der Waals surface area contributed by atoms with E-state index in [0.717, 1.165) is 5.56 Å². The fourth-order valence-electron chi connectivity index (χ4n) is 1.06. The standard InChI is InChI=1S/C12H13N3O2/c1-3-17-12(16)11(8-13)15-14-10-6-4-9(2)5-7-10/h4-7,14H,3H2,1-2H3/b15-11-. The Hall–Kier alpha value is -2.35. The topological polar surface area (TPSA) is 74.5 Å². The minimum absolute atomic E-state index is 0.212. The number of hydrogen-bond acceptors (Lipinski definition) is 5. The molecular weight excluding hydrogens is 218 g/mol. The summed E-state index contributed by atoms with van der Waals surface area (Å²) in [6, 6.07) is 9.08.